The minimum Gasteiger partial charge on any atom is -0.321 e. The lowest BCUT2D eigenvalue weighted by atomic mass is 10.3. The van der Waals surface area contributed by atoms with Gasteiger partial charge in [0, 0.05) is 10.6 Å². The minimum absolute atomic E-state index is 0.104. The summed E-state index contributed by atoms with van der Waals surface area (Å²) in [5, 5.41) is 13.2. The Labute approximate surface area is 113 Å². The number of rotatable bonds is 4. The number of carbonyl (C=O) groups is 1. The van der Waals surface area contributed by atoms with E-state index < -0.39 is 0 Å². The summed E-state index contributed by atoms with van der Waals surface area (Å²) in [4.78, 5) is 13.5. The number of carbonyl (C=O) groups excluding carboxylic acids is 1. The smallest absolute Gasteiger partial charge is 0.265 e. The molecular formula is C13H10N2OS2. The van der Waals surface area contributed by atoms with Gasteiger partial charge in [-0.3, -0.25) is 4.79 Å². The van der Waals surface area contributed by atoms with Crippen LogP contribution in [0.5, 0.6) is 0 Å². The second kappa shape index (κ2) is 6.24. The summed E-state index contributed by atoms with van der Waals surface area (Å²) >= 11 is 2.86. The van der Waals surface area contributed by atoms with Gasteiger partial charge < -0.3 is 5.32 Å². The van der Waals surface area contributed by atoms with E-state index >= 15 is 0 Å². The number of amides is 1. The van der Waals surface area contributed by atoms with Crippen LogP contribution in [-0.2, 0) is 0 Å². The maximum atomic E-state index is 11.8. The fourth-order valence-corrected chi connectivity index (χ4v) is 2.61. The Morgan fingerprint density at radius 1 is 1.39 bits per heavy atom. The molecule has 0 aliphatic heterocycles. The summed E-state index contributed by atoms with van der Waals surface area (Å²) in [5.41, 5.74) is 0.747. The highest BCUT2D eigenvalue weighted by Gasteiger charge is 2.06. The molecule has 0 spiro atoms. The van der Waals surface area contributed by atoms with E-state index in [1.165, 1.54) is 23.1 Å². The molecule has 1 heterocycles. The maximum absolute atomic E-state index is 11.8. The van der Waals surface area contributed by atoms with Crippen LogP contribution in [0.4, 0.5) is 5.69 Å². The van der Waals surface area contributed by atoms with Gasteiger partial charge >= 0.3 is 0 Å². The van der Waals surface area contributed by atoms with Crippen molar-refractivity contribution in [2.75, 3.05) is 11.1 Å². The topological polar surface area (TPSA) is 52.9 Å². The van der Waals surface area contributed by atoms with Gasteiger partial charge in [0.05, 0.1) is 16.7 Å². The molecule has 0 atom stereocenters. The Morgan fingerprint density at radius 3 is 3.00 bits per heavy atom. The van der Waals surface area contributed by atoms with E-state index in [2.05, 4.69) is 11.4 Å². The van der Waals surface area contributed by atoms with Crippen LogP contribution >= 0.6 is 23.1 Å². The highest BCUT2D eigenvalue weighted by Crippen LogP contribution is 2.22. The van der Waals surface area contributed by atoms with E-state index in [9.17, 15) is 4.79 Å². The molecule has 18 heavy (non-hydrogen) atoms. The third-order valence-electron chi connectivity index (χ3n) is 2.14. The summed E-state index contributed by atoms with van der Waals surface area (Å²) in [7, 11) is 0. The fourth-order valence-electron chi connectivity index (χ4n) is 1.38. The first kappa shape index (κ1) is 12.7. The lowest BCUT2D eigenvalue weighted by molar-refractivity contribution is 0.103. The molecular weight excluding hydrogens is 264 g/mol. The molecule has 1 aromatic carbocycles. The zero-order valence-corrected chi connectivity index (χ0v) is 11.1. The van der Waals surface area contributed by atoms with Crippen LogP contribution in [0.3, 0.4) is 0 Å². The normalized spacial score (nSPS) is 9.72. The van der Waals surface area contributed by atoms with E-state index in [0.29, 0.717) is 10.6 Å². The van der Waals surface area contributed by atoms with E-state index in [1.807, 2.05) is 35.7 Å². The third kappa shape index (κ3) is 3.36. The van der Waals surface area contributed by atoms with Gasteiger partial charge in [-0.25, -0.2) is 0 Å². The van der Waals surface area contributed by atoms with E-state index in [4.69, 9.17) is 5.26 Å². The van der Waals surface area contributed by atoms with Crippen molar-refractivity contribution < 1.29 is 4.79 Å². The minimum atomic E-state index is -0.104. The van der Waals surface area contributed by atoms with Gasteiger partial charge in [-0.1, -0.05) is 12.1 Å². The predicted molar refractivity (Wildman–Crippen MR) is 75.1 cm³/mol. The van der Waals surface area contributed by atoms with Gasteiger partial charge in [0.1, 0.15) is 0 Å². The summed E-state index contributed by atoms with van der Waals surface area (Å²) in [5.74, 6) is 0.301. The van der Waals surface area contributed by atoms with Crippen molar-refractivity contribution >= 4 is 34.7 Å². The monoisotopic (exact) mass is 274 g/mol. The Balaban J connectivity index is 2.05. The molecule has 0 aliphatic rings. The Hall–Kier alpha value is -1.77. The molecule has 5 heteroatoms. The zero-order valence-electron chi connectivity index (χ0n) is 9.42. The van der Waals surface area contributed by atoms with Crippen molar-refractivity contribution in [2.45, 2.75) is 4.90 Å². The van der Waals surface area contributed by atoms with Crippen LogP contribution in [0, 0.1) is 11.3 Å². The Morgan fingerprint density at radius 2 is 2.28 bits per heavy atom. The molecule has 0 saturated carbocycles. The molecule has 90 valence electrons. The molecule has 2 aromatic rings. The average molecular weight is 274 g/mol. The van der Waals surface area contributed by atoms with Crippen LogP contribution < -0.4 is 5.32 Å². The number of hydrogen-bond acceptors (Lipinski definition) is 4. The third-order valence-corrected chi connectivity index (χ3v) is 3.87. The summed E-state index contributed by atoms with van der Waals surface area (Å²) in [6, 6.07) is 13.2. The van der Waals surface area contributed by atoms with Gasteiger partial charge in [-0.15, -0.1) is 23.1 Å². The highest BCUT2D eigenvalue weighted by atomic mass is 32.2. The van der Waals surface area contributed by atoms with Crippen molar-refractivity contribution in [3.63, 3.8) is 0 Å². The highest BCUT2D eigenvalue weighted by molar-refractivity contribution is 7.99. The van der Waals surface area contributed by atoms with Crippen LogP contribution in [0.2, 0.25) is 0 Å². The lowest BCUT2D eigenvalue weighted by Gasteiger charge is -2.05. The fraction of sp³-hybridized carbons (Fsp3) is 0.0769. The first-order valence-electron chi connectivity index (χ1n) is 5.24. The molecule has 1 N–H and O–H groups in total. The molecule has 1 amide bonds. The van der Waals surface area contributed by atoms with E-state index in [-0.39, 0.29) is 5.91 Å². The Bertz CT molecular complexity index is 573. The SMILES string of the molecule is N#CCSc1cccc(NC(=O)c2cccs2)c1. The average Bonchev–Trinajstić information content (AvgIpc) is 2.91. The largest absolute Gasteiger partial charge is 0.321 e. The van der Waals surface area contributed by atoms with Gasteiger partial charge in [-0.05, 0) is 29.6 Å². The molecule has 0 bridgehead atoms. The van der Waals surface area contributed by atoms with Crippen LogP contribution in [0.15, 0.2) is 46.7 Å². The number of benzene rings is 1. The van der Waals surface area contributed by atoms with Crippen LogP contribution in [0.25, 0.3) is 0 Å². The molecule has 0 aliphatic carbocycles. The van der Waals surface area contributed by atoms with Crippen molar-refractivity contribution in [1.29, 1.82) is 5.26 Å². The lowest BCUT2D eigenvalue weighted by Crippen LogP contribution is -2.09. The van der Waals surface area contributed by atoms with Crippen molar-refractivity contribution in [3.05, 3.63) is 46.7 Å². The number of anilines is 1. The first-order valence-corrected chi connectivity index (χ1v) is 7.11. The van der Waals surface area contributed by atoms with Gasteiger partial charge in [-0.2, -0.15) is 5.26 Å². The van der Waals surface area contributed by atoms with Crippen LogP contribution in [-0.4, -0.2) is 11.7 Å². The number of hydrogen-bond donors (Lipinski definition) is 1. The second-order valence-electron chi connectivity index (χ2n) is 3.41. The van der Waals surface area contributed by atoms with Crippen molar-refractivity contribution in [3.8, 4) is 6.07 Å². The number of thioether (sulfide) groups is 1. The number of nitrogens with zero attached hydrogens (tertiary/aromatic N) is 1. The quantitative estimate of drug-likeness (QED) is 0.866. The van der Waals surface area contributed by atoms with E-state index in [0.717, 1.165) is 10.6 Å². The van der Waals surface area contributed by atoms with Crippen molar-refractivity contribution in [1.82, 2.24) is 0 Å². The number of thiophene rings is 1. The maximum Gasteiger partial charge on any atom is 0.265 e. The molecule has 3 nitrogen and oxygen atoms in total. The molecule has 2 rings (SSSR count). The van der Waals surface area contributed by atoms with Gasteiger partial charge in [0.15, 0.2) is 0 Å². The van der Waals surface area contributed by atoms with E-state index in [1.54, 1.807) is 6.07 Å². The Kier molecular flexibility index (Phi) is 4.40. The van der Waals surface area contributed by atoms with Crippen molar-refractivity contribution in [2.24, 2.45) is 0 Å². The zero-order chi connectivity index (χ0) is 12.8. The molecule has 1 aromatic heterocycles. The molecule has 0 unspecified atom stereocenters. The first-order chi connectivity index (χ1) is 8.79. The summed E-state index contributed by atoms with van der Waals surface area (Å²) in [6.45, 7) is 0. The molecule has 0 saturated heterocycles. The standard InChI is InChI=1S/C13H10N2OS2/c14-6-8-17-11-4-1-3-10(9-11)15-13(16)12-5-2-7-18-12/h1-5,7,9H,8H2,(H,15,16). The number of nitriles is 1. The van der Waals surface area contributed by atoms with Gasteiger partial charge in [0.2, 0.25) is 0 Å². The molecule has 0 fully saturated rings. The molecule has 0 radical (unpaired) electrons. The van der Waals surface area contributed by atoms with Gasteiger partial charge in [0.25, 0.3) is 5.91 Å². The summed E-state index contributed by atoms with van der Waals surface area (Å²) < 4.78 is 0. The predicted octanol–water partition coefficient (Wildman–Crippen LogP) is 3.62. The van der Waals surface area contributed by atoms with Crippen LogP contribution in [0.1, 0.15) is 9.67 Å². The summed E-state index contributed by atoms with van der Waals surface area (Å²) in [6.07, 6.45) is 0. The number of nitrogens with one attached hydrogen (secondary N) is 1. The second-order valence-corrected chi connectivity index (χ2v) is 5.40.